The average Bonchev–Trinajstić information content (AvgIpc) is 3.31. The zero-order valence-corrected chi connectivity index (χ0v) is 21.9. The predicted octanol–water partition coefficient (Wildman–Crippen LogP) is 10.7. The zero-order valence-electron chi connectivity index (χ0n) is 21.9. The molecule has 38 heavy (non-hydrogen) atoms. The lowest BCUT2D eigenvalue weighted by atomic mass is 9.84. The maximum atomic E-state index is 2.33. The van der Waals surface area contributed by atoms with Gasteiger partial charge >= 0.3 is 0 Å². The Morgan fingerprint density at radius 1 is 0.447 bits per heavy atom. The quantitative estimate of drug-likeness (QED) is 0.232. The zero-order chi connectivity index (χ0) is 25.6. The second-order valence-electron chi connectivity index (χ2n) is 10.5. The van der Waals surface area contributed by atoms with Gasteiger partial charge in [-0.1, -0.05) is 140 Å². The van der Waals surface area contributed by atoms with Gasteiger partial charge in [0.15, 0.2) is 0 Å². The van der Waals surface area contributed by atoms with Crippen LogP contribution < -0.4 is 0 Å². The Balaban J connectivity index is 1.37. The van der Waals surface area contributed by atoms with Crippen molar-refractivity contribution in [1.29, 1.82) is 0 Å². The number of fused-ring (bicyclic) bond motifs is 4. The van der Waals surface area contributed by atoms with E-state index in [4.69, 9.17) is 0 Å². The van der Waals surface area contributed by atoms with Crippen LogP contribution in [0.25, 0.3) is 55.3 Å². The average molecular weight is 487 g/mol. The van der Waals surface area contributed by atoms with E-state index in [2.05, 4.69) is 141 Å². The van der Waals surface area contributed by atoms with Crippen molar-refractivity contribution in [2.75, 3.05) is 0 Å². The Bertz CT molecular complexity index is 1780. The highest BCUT2D eigenvalue weighted by molar-refractivity contribution is 6.00. The molecular formula is C38H30. The Labute approximate surface area is 225 Å². The van der Waals surface area contributed by atoms with Gasteiger partial charge in [0.25, 0.3) is 0 Å². The number of benzene rings is 6. The molecule has 182 valence electrons. The lowest BCUT2D eigenvalue weighted by molar-refractivity contribution is 0.800. The van der Waals surface area contributed by atoms with Crippen molar-refractivity contribution in [1.82, 2.24) is 0 Å². The van der Waals surface area contributed by atoms with Crippen LogP contribution in [-0.4, -0.2) is 0 Å². The van der Waals surface area contributed by atoms with Crippen LogP contribution in [0.5, 0.6) is 0 Å². The summed E-state index contributed by atoms with van der Waals surface area (Å²) in [5.74, 6) is 0.364. The molecule has 1 atom stereocenters. The molecule has 0 radical (unpaired) electrons. The fourth-order valence-electron chi connectivity index (χ4n) is 6.44. The van der Waals surface area contributed by atoms with Crippen molar-refractivity contribution in [3.8, 4) is 44.5 Å². The van der Waals surface area contributed by atoms with Gasteiger partial charge in [0.2, 0.25) is 0 Å². The van der Waals surface area contributed by atoms with Crippen LogP contribution in [0.2, 0.25) is 0 Å². The summed E-state index contributed by atoms with van der Waals surface area (Å²) >= 11 is 0. The van der Waals surface area contributed by atoms with Gasteiger partial charge in [-0.3, -0.25) is 0 Å². The molecule has 0 spiro atoms. The molecule has 1 aliphatic carbocycles. The summed E-state index contributed by atoms with van der Waals surface area (Å²) in [7, 11) is 0. The van der Waals surface area contributed by atoms with E-state index >= 15 is 0 Å². The van der Waals surface area contributed by atoms with Gasteiger partial charge in [0, 0.05) is 5.92 Å². The molecule has 6 aromatic carbocycles. The van der Waals surface area contributed by atoms with Crippen molar-refractivity contribution in [3.63, 3.8) is 0 Å². The molecule has 0 nitrogen and oxygen atoms in total. The molecule has 0 heterocycles. The summed E-state index contributed by atoms with van der Waals surface area (Å²) in [6.45, 7) is 4.47. The van der Waals surface area contributed by atoms with Gasteiger partial charge < -0.3 is 0 Å². The van der Waals surface area contributed by atoms with E-state index in [9.17, 15) is 0 Å². The van der Waals surface area contributed by atoms with Gasteiger partial charge in [-0.05, 0) is 79.8 Å². The third-order valence-corrected chi connectivity index (χ3v) is 8.27. The second kappa shape index (κ2) is 9.15. The predicted molar refractivity (Wildman–Crippen MR) is 163 cm³/mol. The first-order chi connectivity index (χ1) is 18.7. The molecule has 7 rings (SSSR count). The van der Waals surface area contributed by atoms with Gasteiger partial charge in [0.1, 0.15) is 0 Å². The summed E-state index contributed by atoms with van der Waals surface area (Å²) in [6, 6.07) is 47.1. The molecule has 0 bridgehead atoms. The van der Waals surface area contributed by atoms with E-state index in [0.29, 0.717) is 5.92 Å². The van der Waals surface area contributed by atoms with Gasteiger partial charge in [-0.15, -0.1) is 0 Å². The molecule has 0 fully saturated rings. The molecule has 0 heteroatoms. The number of hydrogen-bond donors (Lipinski definition) is 0. The van der Waals surface area contributed by atoms with E-state index in [-0.39, 0.29) is 0 Å². The molecule has 1 aliphatic rings. The largest absolute Gasteiger partial charge is 0.0645 e. The number of hydrogen-bond acceptors (Lipinski definition) is 0. The van der Waals surface area contributed by atoms with E-state index in [1.54, 1.807) is 0 Å². The molecule has 0 aromatic heterocycles. The fraction of sp³-hybridized carbons (Fsp3) is 0.105. The van der Waals surface area contributed by atoms with Crippen molar-refractivity contribution in [2.24, 2.45) is 0 Å². The van der Waals surface area contributed by atoms with Gasteiger partial charge in [-0.2, -0.15) is 0 Å². The lowest BCUT2D eigenvalue weighted by Crippen LogP contribution is -1.99. The third kappa shape index (κ3) is 3.60. The monoisotopic (exact) mass is 486 g/mol. The SMILES string of the molecule is CCC1c2c(-c3ccc(-c4ccc(C)cc4)cc3)cccc2-c2cccc(-c3cccc4ccccc34)c21. The molecule has 6 aromatic rings. The van der Waals surface area contributed by atoms with E-state index in [0.717, 1.165) is 6.42 Å². The van der Waals surface area contributed by atoms with Crippen LogP contribution in [0.3, 0.4) is 0 Å². The maximum Gasteiger partial charge on any atom is 0.0111 e. The van der Waals surface area contributed by atoms with Crippen molar-refractivity contribution in [2.45, 2.75) is 26.2 Å². The first kappa shape index (κ1) is 22.8. The van der Waals surface area contributed by atoms with Crippen LogP contribution in [-0.2, 0) is 0 Å². The van der Waals surface area contributed by atoms with Crippen LogP contribution in [0.1, 0.15) is 36.0 Å². The topological polar surface area (TPSA) is 0 Å². The number of aryl methyl sites for hydroxylation is 1. The van der Waals surface area contributed by atoms with Crippen LogP contribution in [0, 0.1) is 6.92 Å². The minimum absolute atomic E-state index is 0.364. The standard InChI is InChI=1S/C38H30/c1-3-30-37-32(29-23-21-27(22-24-29)26-19-17-25(2)18-20-26)12-7-15-35(37)36-16-8-14-34(38(30)36)33-13-6-10-28-9-4-5-11-31(28)33/h4-24,30H,3H2,1-2H3. The summed E-state index contributed by atoms with van der Waals surface area (Å²) in [6.07, 6.45) is 1.07. The highest BCUT2D eigenvalue weighted by Crippen LogP contribution is 2.53. The highest BCUT2D eigenvalue weighted by atomic mass is 14.4. The normalized spacial score (nSPS) is 13.9. The first-order valence-electron chi connectivity index (χ1n) is 13.6. The van der Waals surface area contributed by atoms with E-state index < -0.39 is 0 Å². The van der Waals surface area contributed by atoms with Crippen LogP contribution in [0.15, 0.2) is 127 Å². The Kier molecular flexibility index (Phi) is 5.48. The highest BCUT2D eigenvalue weighted by Gasteiger charge is 2.32. The van der Waals surface area contributed by atoms with Crippen molar-refractivity contribution in [3.05, 3.63) is 144 Å². The molecule has 0 aliphatic heterocycles. The van der Waals surface area contributed by atoms with Gasteiger partial charge in [0.05, 0.1) is 0 Å². The molecule has 1 unspecified atom stereocenters. The van der Waals surface area contributed by atoms with E-state index in [1.807, 2.05) is 0 Å². The van der Waals surface area contributed by atoms with Crippen LogP contribution in [0.4, 0.5) is 0 Å². The summed E-state index contributed by atoms with van der Waals surface area (Å²) < 4.78 is 0. The maximum absolute atomic E-state index is 2.33. The first-order valence-corrected chi connectivity index (χ1v) is 13.6. The number of rotatable bonds is 4. The van der Waals surface area contributed by atoms with E-state index in [1.165, 1.54) is 72.0 Å². The van der Waals surface area contributed by atoms with Crippen molar-refractivity contribution >= 4 is 10.8 Å². The Hall–Kier alpha value is -4.42. The molecule has 0 amide bonds. The molecule has 0 N–H and O–H groups in total. The summed E-state index contributed by atoms with van der Waals surface area (Å²) in [5, 5.41) is 2.61. The minimum atomic E-state index is 0.364. The summed E-state index contributed by atoms with van der Waals surface area (Å²) in [4.78, 5) is 0. The lowest BCUT2D eigenvalue weighted by Gasteiger charge is -2.19. The Morgan fingerprint density at radius 2 is 0.921 bits per heavy atom. The summed E-state index contributed by atoms with van der Waals surface area (Å²) in [5.41, 5.74) is 14.9. The van der Waals surface area contributed by atoms with Crippen LogP contribution >= 0.6 is 0 Å². The minimum Gasteiger partial charge on any atom is -0.0645 e. The second-order valence-corrected chi connectivity index (χ2v) is 10.5. The smallest absolute Gasteiger partial charge is 0.0111 e. The molecule has 0 saturated carbocycles. The van der Waals surface area contributed by atoms with Gasteiger partial charge in [-0.25, -0.2) is 0 Å². The molecule has 0 saturated heterocycles. The Morgan fingerprint density at radius 3 is 1.61 bits per heavy atom. The third-order valence-electron chi connectivity index (χ3n) is 8.27. The fourth-order valence-corrected chi connectivity index (χ4v) is 6.44. The van der Waals surface area contributed by atoms with Crippen molar-refractivity contribution < 1.29 is 0 Å². The molecular weight excluding hydrogens is 456 g/mol.